The number of methoxy groups -OCH3 is 1. The van der Waals surface area contributed by atoms with E-state index in [0.29, 0.717) is 16.3 Å². The van der Waals surface area contributed by atoms with Gasteiger partial charge in [-0.05, 0) is 30.3 Å². The fourth-order valence-corrected chi connectivity index (χ4v) is 2.42. The smallest absolute Gasteiger partial charge is 0.121 e. The zero-order valence-corrected chi connectivity index (χ0v) is 13.8. The summed E-state index contributed by atoms with van der Waals surface area (Å²) >= 11 is 6.01. The molecule has 0 spiro atoms. The Bertz CT molecular complexity index is 891. The third-order valence-electron chi connectivity index (χ3n) is 3.29. The monoisotopic (exact) mass is 345 g/mol. The van der Waals surface area contributed by atoms with Gasteiger partial charge in [0.1, 0.15) is 11.8 Å². The molecule has 0 unspecified atom stereocenters. The van der Waals surface area contributed by atoms with Crippen molar-refractivity contribution < 1.29 is 4.74 Å². The zero-order valence-electron chi connectivity index (χ0n) is 12.2. The lowest BCUT2D eigenvalue weighted by Crippen LogP contribution is -1.97. The summed E-state index contributed by atoms with van der Waals surface area (Å²) in [7, 11) is 1.61. The molecule has 0 aliphatic heterocycles. The molecule has 6 heteroatoms. The van der Waals surface area contributed by atoms with E-state index < -0.39 is 0 Å². The summed E-state index contributed by atoms with van der Waals surface area (Å²) < 4.78 is 5.21. The van der Waals surface area contributed by atoms with Gasteiger partial charge in [-0.25, -0.2) is 0 Å². The van der Waals surface area contributed by atoms with Gasteiger partial charge >= 0.3 is 0 Å². The van der Waals surface area contributed by atoms with E-state index in [4.69, 9.17) is 16.3 Å². The molecule has 23 heavy (non-hydrogen) atoms. The van der Waals surface area contributed by atoms with Gasteiger partial charge in [0.2, 0.25) is 0 Å². The van der Waals surface area contributed by atoms with Crippen LogP contribution < -0.4 is 10.1 Å². The third kappa shape index (κ3) is 3.48. The Kier molecular flexibility index (Phi) is 5.28. The van der Waals surface area contributed by atoms with Gasteiger partial charge in [-0.1, -0.05) is 17.7 Å². The first-order valence-electron chi connectivity index (χ1n) is 6.60. The maximum absolute atomic E-state index is 9.33. The number of hydrogen-bond acceptors (Lipinski definition) is 4. The van der Waals surface area contributed by atoms with Crippen molar-refractivity contribution in [3.63, 3.8) is 0 Å². The average Bonchev–Trinajstić information content (AvgIpc) is 2.54. The molecule has 116 valence electrons. The number of fused-ring (bicyclic) bond motifs is 1. The van der Waals surface area contributed by atoms with Gasteiger partial charge < -0.3 is 10.1 Å². The topological polar surface area (TPSA) is 57.9 Å². The van der Waals surface area contributed by atoms with Gasteiger partial charge in [0.05, 0.1) is 23.9 Å². The van der Waals surface area contributed by atoms with Crippen LogP contribution in [0.4, 0.5) is 11.4 Å². The predicted octanol–water partition coefficient (Wildman–Crippen LogP) is 4.93. The van der Waals surface area contributed by atoms with Gasteiger partial charge in [0.25, 0.3) is 0 Å². The first-order chi connectivity index (χ1) is 10.7. The lowest BCUT2D eigenvalue weighted by Gasteiger charge is -2.12. The van der Waals surface area contributed by atoms with Crippen molar-refractivity contribution in [1.82, 2.24) is 4.98 Å². The van der Waals surface area contributed by atoms with Gasteiger partial charge in [-0.15, -0.1) is 12.4 Å². The minimum absolute atomic E-state index is 0. The minimum atomic E-state index is 0. The highest BCUT2D eigenvalue weighted by Gasteiger charge is 2.10. The number of benzene rings is 2. The van der Waals surface area contributed by atoms with Crippen LogP contribution in [0.2, 0.25) is 5.02 Å². The molecule has 0 radical (unpaired) electrons. The number of anilines is 2. The van der Waals surface area contributed by atoms with Crippen molar-refractivity contribution in [3.8, 4) is 11.8 Å². The summed E-state index contributed by atoms with van der Waals surface area (Å²) in [4.78, 5) is 4.31. The second kappa shape index (κ2) is 7.19. The average molecular weight is 346 g/mol. The molecule has 4 nitrogen and oxygen atoms in total. The fraction of sp³-hybridized carbons (Fsp3) is 0.0588. The molecule has 0 saturated heterocycles. The van der Waals surface area contributed by atoms with Crippen LogP contribution in [0.15, 0.2) is 48.7 Å². The quantitative estimate of drug-likeness (QED) is 0.730. The van der Waals surface area contributed by atoms with Crippen LogP contribution in [-0.4, -0.2) is 12.1 Å². The maximum Gasteiger partial charge on any atom is 0.121 e. The molecule has 1 N–H and O–H groups in total. The Labute approximate surface area is 145 Å². The normalized spacial score (nSPS) is 9.78. The van der Waals surface area contributed by atoms with Crippen LogP contribution >= 0.6 is 24.0 Å². The van der Waals surface area contributed by atoms with Crippen molar-refractivity contribution in [1.29, 1.82) is 5.26 Å². The van der Waals surface area contributed by atoms with E-state index in [-0.39, 0.29) is 12.4 Å². The van der Waals surface area contributed by atoms with Crippen molar-refractivity contribution >= 4 is 46.3 Å². The van der Waals surface area contributed by atoms with E-state index in [1.165, 1.54) is 0 Å². The second-order valence-corrected chi connectivity index (χ2v) is 5.11. The number of nitriles is 1. The molecule has 2 aromatic carbocycles. The Morgan fingerprint density at radius 3 is 2.74 bits per heavy atom. The Morgan fingerprint density at radius 1 is 1.22 bits per heavy atom. The van der Waals surface area contributed by atoms with E-state index in [9.17, 15) is 5.26 Å². The summed E-state index contributed by atoms with van der Waals surface area (Å²) in [5.74, 6) is 0.721. The van der Waals surface area contributed by atoms with Gasteiger partial charge in [-0.3, -0.25) is 4.98 Å². The fourth-order valence-electron chi connectivity index (χ4n) is 2.23. The molecule has 0 amide bonds. The SMILES string of the molecule is COc1ccc2c(Nc3cccc(Cl)c3)c(C#N)cnc2c1.Cl. The molecule has 0 bridgehead atoms. The Morgan fingerprint density at radius 2 is 2.04 bits per heavy atom. The molecule has 3 rings (SSSR count). The van der Waals surface area contributed by atoms with E-state index in [2.05, 4.69) is 16.4 Å². The highest BCUT2D eigenvalue weighted by molar-refractivity contribution is 6.30. The molecular weight excluding hydrogens is 333 g/mol. The van der Waals surface area contributed by atoms with Gasteiger partial charge in [0, 0.05) is 28.4 Å². The summed E-state index contributed by atoms with van der Waals surface area (Å²) in [6.45, 7) is 0. The number of nitrogens with one attached hydrogen (secondary N) is 1. The van der Waals surface area contributed by atoms with E-state index in [1.807, 2.05) is 30.3 Å². The molecule has 1 aromatic heterocycles. The van der Waals surface area contributed by atoms with Crippen molar-refractivity contribution in [2.75, 3.05) is 12.4 Å². The standard InChI is InChI=1S/C17H12ClN3O.ClH/c1-22-14-5-6-15-16(8-14)20-10-11(9-19)17(15)21-13-4-2-3-12(18)7-13;/h2-8,10H,1H3,(H,20,21);1H. The number of halogens is 2. The first kappa shape index (κ1) is 16.9. The first-order valence-corrected chi connectivity index (χ1v) is 6.98. The van der Waals surface area contributed by atoms with Crippen molar-refractivity contribution in [3.05, 3.63) is 59.2 Å². The molecular formula is C17H13Cl2N3O. The summed E-state index contributed by atoms with van der Waals surface area (Å²) in [5, 5.41) is 14.1. The number of aromatic nitrogens is 1. The number of rotatable bonds is 3. The summed E-state index contributed by atoms with van der Waals surface area (Å²) in [6, 6.07) is 15.1. The predicted molar refractivity (Wildman–Crippen MR) is 95.0 cm³/mol. The molecule has 0 aliphatic rings. The van der Waals surface area contributed by atoms with E-state index >= 15 is 0 Å². The van der Waals surface area contributed by atoms with Crippen LogP contribution in [0.5, 0.6) is 5.75 Å². The molecule has 0 atom stereocenters. The highest BCUT2D eigenvalue weighted by atomic mass is 35.5. The maximum atomic E-state index is 9.33. The van der Waals surface area contributed by atoms with Crippen LogP contribution in [0.25, 0.3) is 10.9 Å². The van der Waals surface area contributed by atoms with E-state index in [1.54, 1.807) is 25.4 Å². The molecule has 0 aliphatic carbocycles. The molecule has 3 aromatic rings. The molecule has 1 heterocycles. The number of pyridine rings is 1. The van der Waals surface area contributed by atoms with Crippen LogP contribution in [0, 0.1) is 11.3 Å². The third-order valence-corrected chi connectivity index (χ3v) is 3.53. The zero-order chi connectivity index (χ0) is 15.5. The Balaban J connectivity index is 0.00000192. The lowest BCUT2D eigenvalue weighted by molar-refractivity contribution is 0.415. The second-order valence-electron chi connectivity index (χ2n) is 4.68. The minimum Gasteiger partial charge on any atom is -0.497 e. The van der Waals surface area contributed by atoms with Crippen molar-refractivity contribution in [2.45, 2.75) is 0 Å². The summed E-state index contributed by atoms with van der Waals surface area (Å²) in [5.41, 5.74) is 2.74. The van der Waals surface area contributed by atoms with Crippen molar-refractivity contribution in [2.24, 2.45) is 0 Å². The molecule has 0 fully saturated rings. The van der Waals surface area contributed by atoms with Gasteiger partial charge in [-0.2, -0.15) is 5.26 Å². The van der Waals surface area contributed by atoms with Crippen LogP contribution in [0.1, 0.15) is 5.56 Å². The Hall–Kier alpha value is -2.48. The largest absolute Gasteiger partial charge is 0.497 e. The van der Waals surface area contributed by atoms with Gasteiger partial charge in [0.15, 0.2) is 0 Å². The number of ether oxygens (including phenoxy) is 1. The summed E-state index contributed by atoms with van der Waals surface area (Å²) in [6.07, 6.45) is 1.55. The van der Waals surface area contributed by atoms with Crippen LogP contribution in [-0.2, 0) is 0 Å². The molecule has 0 saturated carbocycles. The number of nitrogens with zero attached hydrogens (tertiary/aromatic N) is 2. The van der Waals surface area contributed by atoms with Crippen LogP contribution in [0.3, 0.4) is 0 Å². The van der Waals surface area contributed by atoms with E-state index in [0.717, 1.165) is 22.3 Å². The lowest BCUT2D eigenvalue weighted by atomic mass is 10.1. The highest BCUT2D eigenvalue weighted by Crippen LogP contribution is 2.31. The number of hydrogen-bond donors (Lipinski definition) is 1.